The molecule has 86 valence electrons. The lowest BCUT2D eigenvalue weighted by Crippen LogP contribution is -1.90. The summed E-state index contributed by atoms with van der Waals surface area (Å²) in [5, 5.41) is 2.20. The van der Waals surface area contributed by atoms with Crippen LogP contribution in [0, 0.1) is 0 Å². The molecule has 2 heterocycles. The molecule has 3 rings (SSSR count). The van der Waals surface area contributed by atoms with Crippen LogP contribution < -0.4 is 0 Å². The van der Waals surface area contributed by atoms with Crippen LogP contribution in [-0.4, -0.2) is 0 Å². The van der Waals surface area contributed by atoms with Crippen LogP contribution >= 0.6 is 23.1 Å². The summed E-state index contributed by atoms with van der Waals surface area (Å²) in [6.07, 6.45) is 3.44. The van der Waals surface area contributed by atoms with Gasteiger partial charge in [0.15, 0.2) is 0 Å². The smallest absolute Gasteiger partial charge is 0.0680 e. The Kier molecular flexibility index (Phi) is 3.08. The molecule has 0 atom stereocenters. The number of thioether (sulfide) groups is 1. The molecule has 0 unspecified atom stereocenters. The molecule has 2 aromatic rings. The van der Waals surface area contributed by atoms with E-state index in [0.717, 1.165) is 12.2 Å². The standard InChI is InChI=1S/C15H14S2/c1-2-5-13-12-7-4-3-6-11(12)10-17-15-14(13)8-9-16-15/h3-9H,2,10H2,1H3. The van der Waals surface area contributed by atoms with Crippen LogP contribution in [0.1, 0.15) is 30.0 Å². The third kappa shape index (κ3) is 1.96. The molecule has 17 heavy (non-hydrogen) atoms. The number of thiophene rings is 1. The van der Waals surface area contributed by atoms with Crippen LogP contribution in [0.2, 0.25) is 0 Å². The van der Waals surface area contributed by atoms with Gasteiger partial charge in [0.05, 0.1) is 4.21 Å². The first-order valence-corrected chi connectivity index (χ1v) is 7.75. The fraction of sp³-hybridized carbons (Fsp3) is 0.200. The highest BCUT2D eigenvalue weighted by atomic mass is 32.2. The van der Waals surface area contributed by atoms with E-state index in [1.54, 1.807) is 0 Å². The fourth-order valence-electron chi connectivity index (χ4n) is 2.23. The normalized spacial score (nSPS) is 16.4. The molecule has 1 aliphatic heterocycles. The van der Waals surface area contributed by atoms with Crippen molar-refractivity contribution < 1.29 is 0 Å². The number of fused-ring (bicyclic) bond motifs is 2. The van der Waals surface area contributed by atoms with E-state index in [1.165, 1.54) is 26.5 Å². The highest BCUT2D eigenvalue weighted by molar-refractivity contribution is 8.00. The van der Waals surface area contributed by atoms with Crippen LogP contribution in [0.5, 0.6) is 0 Å². The number of hydrogen-bond acceptors (Lipinski definition) is 2. The van der Waals surface area contributed by atoms with Crippen molar-refractivity contribution in [3.8, 4) is 0 Å². The molecule has 1 aromatic heterocycles. The van der Waals surface area contributed by atoms with Gasteiger partial charge in [-0.15, -0.1) is 23.1 Å². The molecule has 0 amide bonds. The van der Waals surface area contributed by atoms with Gasteiger partial charge in [-0.1, -0.05) is 37.3 Å². The average molecular weight is 258 g/mol. The van der Waals surface area contributed by atoms with Crippen molar-refractivity contribution in [2.75, 3.05) is 0 Å². The van der Waals surface area contributed by atoms with Gasteiger partial charge in [-0.3, -0.25) is 0 Å². The van der Waals surface area contributed by atoms with Gasteiger partial charge in [-0.05, 0) is 34.6 Å². The third-order valence-electron chi connectivity index (χ3n) is 2.99. The van der Waals surface area contributed by atoms with Gasteiger partial charge in [0, 0.05) is 11.3 Å². The van der Waals surface area contributed by atoms with Crippen LogP contribution in [0.4, 0.5) is 0 Å². The topological polar surface area (TPSA) is 0 Å². The number of benzene rings is 1. The van der Waals surface area contributed by atoms with Crippen LogP contribution in [0.15, 0.2) is 46.0 Å². The number of rotatable bonds is 1. The first kappa shape index (κ1) is 11.1. The third-order valence-corrected chi connectivity index (χ3v) is 5.28. The summed E-state index contributed by atoms with van der Waals surface area (Å²) >= 11 is 3.83. The van der Waals surface area contributed by atoms with Gasteiger partial charge in [0.2, 0.25) is 0 Å². The molecular formula is C15H14S2. The molecule has 0 nitrogen and oxygen atoms in total. The molecule has 0 spiro atoms. The van der Waals surface area contributed by atoms with Crippen LogP contribution in [-0.2, 0) is 5.75 Å². The number of hydrogen-bond donors (Lipinski definition) is 0. The minimum absolute atomic E-state index is 1.09. The molecule has 0 radical (unpaired) electrons. The fourth-order valence-corrected chi connectivity index (χ4v) is 4.35. The van der Waals surface area contributed by atoms with Gasteiger partial charge < -0.3 is 0 Å². The Bertz CT molecular complexity index is 564. The Hall–Kier alpha value is -0.990. The minimum atomic E-state index is 1.09. The summed E-state index contributed by atoms with van der Waals surface area (Å²) in [4.78, 5) is 0. The predicted molar refractivity (Wildman–Crippen MR) is 77.7 cm³/mol. The monoisotopic (exact) mass is 258 g/mol. The van der Waals surface area contributed by atoms with Crippen LogP contribution in [0.3, 0.4) is 0 Å². The van der Waals surface area contributed by atoms with Gasteiger partial charge in [0.1, 0.15) is 0 Å². The predicted octanol–water partition coefficient (Wildman–Crippen LogP) is 5.20. The lowest BCUT2D eigenvalue weighted by atomic mass is 9.95. The minimum Gasteiger partial charge on any atom is -0.137 e. The maximum atomic E-state index is 2.36. The molecule has 0 saturated heterocycles. The lowest BCUT2D eigenvalue weighted by molar-refractivity contribution is 1.22. The molecule has 1 aromatic carbocycles. The zero-order valence-corrected chi connectivity index (χ0v) is 11.4. The van der Waals surface area contributed by atoms with E-state index in [9.17, 15) is 0 Å². The summed E-state index contributed by atoms with van der Waals surface area (Å²) in [5.41, 5.74) is 5.72. The van der Waals surface area contributed by atoms with E-state index in [2.05, 4.69) is 48.7 Å². The maximum Gasteiger partial charge on any atom is 0.0680 e. The SMILES string of the molecule is CCC=C1c2ccccc2CSc2sccc21. The van der Waals surface area contributed by atoms with Crippen molar-refractivity contribution in [1.29, 1.82) is 0 Å². The van der Waals surface area contributed by atoms with E-state index in [0.29, 0.717) is 0 Å². The van der Waals surface area contributed by atoms with Crippen molar-refractivity contribution in [2.45, 2.75) is 23.3 Å². The Labute approximate surface area is 110 Å². The quantitative estimate of drug-likeness (QED) is 0.678. The van der Waals surface area contributed by atoms with Crippen molar-refractivity contribution in [1.82, 2.24) is 0 Å². The molecular weight excluding hydrogens is 244 g/mol. The first-order chi connectivity index (χ1) is 8.40. The average Bonchev–Trinajstić information content (AvgIpc) is 2.77. The second kappa shape index (κ2) is 4.71. The highest BCUT2D eigenvalue weighted by Gasteiger charge is 2.18. The van der Waals surface area contributed by atoms with Gasteiger partial charge in [-0.2, -0.15) is 0 Å². The molecule has 0 aliphatic carbocycles. The summed E-state index contributed by atoms with van der Waals surface area (Å²) in [7, 11) is 0. The van der Waals surface area contributed by atoms with Gasteiger partial charge in [0.25, 0.3) is 0 Å². The van der Waals surface area contributed by atoms with E-state index < -0.39 is 0 Å². The summed E-state index contributed by atoms with van der Waals surface area (Å²) in [6, 6.07) is 11.1. The van der Waals surface area contributed by atoms with E-state index in [4.69, 9.17) is 0 Å². The zero-order chi connectivity index (χ0) is 11.7. The Balaban J connectivity index is 2.23. The van der Waals surface area contributed by atoms with E-state index >= 15 is 0 Å². The Morgan fingerprint density at radius 2 is 2.06 bits per heavy atom. The second-order valence-electron chi connectivity index (χ2n) is 4.09. The molecule has 0 saturated carbocycles. The zero-order valence-electron chi connectivity index (χ0n) is 9.77. The van der Waals surface area contributed by atoms with Gasteiger partial charge in [-0.25, -0.2) is 0 Å². The van der Waals surface area contributed by atoms with Crippen molar-refractivity contribution in [2.24, 2.45) is 0 Å². The van der Waals surface area contributed by atoms with Gasteiger partial charge >= 0.3 is 0 Å². The molecule has 0 fully saturated rings. The molecule has 0 bridgehead atoms. The lowest BCUT2D eigenvalue weighted by Gasteiger charge is -2.08. The van der Waals surface area contributed by atoms with Crippen LogP contribution in [0.25, 0.3) is 5.57 Å². The summed E-state index contributed by atoms with van der Waals surface area (Å²) in [5.74, 6) is 1.09. The number of allylic oxidation sites excluding steroid dienone is 1. The van der Waals surface area contributed by atoms with E-state index in [1.807, 2.05) is 23.1 Å². The van der Waals surface area contributed by atoms with E-state index in [-0.39, 0.29) is 0 Å². The molecule has 0 N–H and O–H groups in total. The largest absolute Gasteiger partial charge is 0.137 e. The summed E-state index contributed by atoms with van der Waals surface area (Å²) in [6.45, 7) is 2.21. The summed E-state index contributed by atoms with van der Waals surface area (Å²) < 4.78 is 1.46. The van der Waals surface area contributed by atoms with Crippen molar-refractivity contribution in [3.05, 3.63) is 58.5 Å². The first-order valence-electron chi connectivity index (χ1n) is 5.89. The van der Waals surface area contributed by atoms with Crippen molar-refractivity contribution in [3.63, 3.8) is 0 Å². The second-order valence-corrected chi connectivity index (χ2v) is 6.25. The molecule has 1 aliphatic rings. The maximum absolute atomic E-state index is 2.36. The van der Waals surface area contributed by atoms with Crippen molar-refractivity contribution >= 4 is 28.7 Å². The highest BCUT2D eigenvalue weighted by Crippen LogP contribution is 2.42. The Morgan fingerprint density at radius 1 is 1.18 bits per heavy atom. The Morgan fingerprint density at radius 3 is 2.94 bits per heavy atom. The molecule has 2 heteroatoms.